The number of carboxylic acids is 1. The first-order chi connectivity index (χ1) is 27.9. The molecule has 1 aromatic carbocycles. The second-order valence-electron chi connectivity index (χ2n) is 15.9. The Morgan fingerprint density at radius 2 is 1.64 bits per heavy atom. The third kappa shape index (κ3) is 24.9. The van der Waals surface area contributed by atoms with Crippen molar-refractivity contribution in [3.8, 4) is 0 Å². The number of anilines is 1. The van der Waals surface area contributed by atoms with Crippen LogP contribution in [0.2, 0.25) is 0 Å². The van der Waals surface area contributed by atoms with Crippen molar-refractivity contribution in [3.05, 3.63) is 45.7 Å². The van der Waals surface area contributed by atoms with Gasteiger partial charge in [-0.25, -0.2) is 9.37 Å². The molecule has 0 aliphatic carbocycles. The maximum absolute atomic E-state index is 13.3. The van der Waals surface area contributed by atoms with Crippen molar-refractivity contribution in [1.82, 2.24) is 20.1 Å². The van der Waals surface area contributed by atoms with Crippen molar-refractivity contribution in [1.29, 1.82) is 0 Å². The number of amides is 3. The molecule has 340 valence electrons. The maximum atomic E-state index is 13.3. The van der Waals surface area contributed by atoms with Gasteiger partial charge in [-0.05, 0) is 110 Å². The zero-order chi connectivity index (χ0) is 45.6. The summed E-state index contributed by atoms with van der Waals surface area (Å²) in [6.07, 6.45) is 11.4. The van der Waals surface area contributed by atoms with E-state index in [1.54, 1.807) is 38.3 Å². The Bertz CT molecular complexity index is 1430. The van der Waals surface area contributed by atoms with E-state index in [0.717, 1.165) is 50.6 Å². The van der Waals surface area contributed by atoms with Gasteiger partial charge < -0.3 is 36.8 Å². The normalized spacial score (nSPS) is 13.9. The number of unbranched alkanes of at least 4 members (excludes halogenated alkanes) is 4. The fraction of sp³-hybridized carbons (Fsp3) is 0.711. The van der Waals surface area contributed by atoms with Crippen LogP contribution in [0.1, 0.15) is 166 Å². The number of halogens is 1. The van der Waals surface area contributed by atoms with Crippen molar-refractivity contribution < 1.29 is 33.8 Å². The molecule has 0 radical (unpaired) electrons. The molecule has 12 nitrogen and oxygen atoms in total. The fourth-order valence-corrected chi connectivity index (χ4v) is 7.12. The van der Waals surface area contributed by atoms with Crippen LogP contribution >= 0.6 is 11.3 Å². The van der Waals surface area contributed by atoms with Crippen LogP contribution in [0.5, 0.6) is 0 Å². The van der Waals surface area contributed by atoms with Gasteiger partial charge in [0.25, 0.3) is 5.91 Å². The minimum absolute atomic E-state index is 0.0417. The number of likely N-dealkylation sites (tertiary alicyclic amines) is 1. The predicted molar refractivity (Wildman–Crippen MR) is 242 cm³/mol. The van der Waals surface area contributed by atoms with Gasteiger partial charge in [0.15, 0.2) is 0 Å². The third-order valence-corrected chi connectivity index (χ3v) is 11.0. The Morgan fingerprint density at radius 1 is 1.05 bits per heavy atom. The molecule has 1 fully saturated rings. The number of aryl methyl sites for hydroxylation is 1. The molecule has 1 saturated heterocycles. The lowest BCUT2D eigenvalue weighted by Gasteiger charge is -2.37. The molecule has 7 N–H and O–H groups in total. The Balaban J connectivity index is 0. The number of nitrogens with zero attached hydrogens (tertiary/aromatic N) is 3. The van der Waals surface area contributed by atoms with Gasteiger partial charge in [0.05, 0.1) is 22.2 Å². The Morgan fingerprint density at radius 3 is 2.10 bits per heavy atom. The molecule has 2 aromatic rings. The zero-order valence-electron chi connectivity index (χ0n) is 38.3. The number of carbonyl (C=O) groups excluding carboxylic acids is 3. The highest BCUT2D eigenvalue weighted by molar-refractivity contribution is 7.10. The summed E-state index contributed by atoms with van der Waals surface area (Å²) in [6, 6.07) is 4.71. The van der Waals surface area contributed by atoms with Gasteiger partial charge in [-0.3, -0.25) is 19.2 Å². The maximum Gasteiger partial charge on any atom is 0.309 e. The standard InChI is InChI=1S/C29H51N3O5S.C7H8FN.C6H13N.C2H6.CH3NO/c1-8-10-12-13-17-32(25(34)14-11-9-2)24(20(3)4)18-22(21(5)33)27-31-23(19-38-27)26(35)30-16-15-29(6,7)28(36)37;1-5-2-3-7(9)6(8)4-5;1-7-5-3-2-4-6-7;1-2;2-1-3/h19-22,24,33H,8-18H2,1-7H3,(H,30,35)(H,36,37);2-4H,9H2,1H3;2-6H2,1H3;1-2H3;1H,(H2,2,3). The summed E-state index contributed by atoms with van der Waals surface area (Å²) in [5.41, 5.74) is 9.81. The minimum atomic E-state index is -0.930. The summed E-state index contributed by atoms with van der Waals surface area (Å²) in [4.78, 5) is 54.8. The first-order valence-corrected chi connectivity index (χ1v) is 22.5. The van der Waals surface area contributed by atoms with Gasteiger partial charge in [-0.1, -0.05) is 79.7 Å². The monoisotopic (exact) mass is 853 g/mol. The van der Waals surface area contributed by atoms with Gasteiger partial charge in [-0.2, -0.15) is 0 Å². The largest absolute Gasteiger partial charge is 0.481 e. The van der Waals surface area contributed by atoms with Gasteiger partial charge in [-0.15, -0.1) is 11.3 Å². The lowest BCUT2D eigenvalue weighted by molar-refractivity contribution is -0.147. The van der Waals surface area contributed by atoms with E-state index in [2.05, 4.69) is 55.7 Å². The summed E-state index contributed by atoms with van der Waals surface area (Å²) in [7, 11) is 2.19. The minimum Gasteiger partial charge on any atom is -0.481 e. The van der Waals surface area contributed by atoms with Crippen LogP contribution in [0.25, 0.3) is 0 Å². The van der Waals surface area contributed by atoms with Crippen LogP contribution in [-0.2, 0) is 14.4 Å². The molecular weight excluding hydrogens is 772 g/mol. The number of nitrogens with two attached hydrogens (primary N) is 2. The summed E-state index contributed by atoms with van der Waals surface area (Å²) in [5, 5.41) is 25.1. The SMILES string of the molecule is CC.CCCCCCN(C(=O)CCCC)C(CC(c1nc(C(=O)NCCC(C)(C)C(=O)O)cs1)C(C)O)C(C)C.CN1CCCCC1.Cc1ccc(N)c(F)c1.NC=O. The number of rotatable bonds is 19. The number of hydrogen-bond acceptors (Lipinski definition) is 9. The van der Waals surface area contributed by atoms with E-state index in [9.17, 15) is 29.0 Å². The van der Waals surface area contributed by atoms with Crippen LogP contribution in [-0.4, -0.2) is 94.6 Å². The number of carboxylic acid groups (broad SMARTS) is 1. The van der Waals surface area contributed by atoms with Crippen molar-refractivity contribution in [3.63, 3.8) is 0 Å². The van der Waals surface area contributed by atoms with Crippen LogP contribution in [0, 0.1) is 24.1 Å². The highest BCUT2D eigenvalue weighted by Gasteiger charge is 2.33. The van der Waals surface area contributed by atoms with E-state index in [1.807, 2.05) is 25.7 Å². The van der Waals surface area contributed by atoms with E-state index in [4.69, 9.17) is 10.5 Å². The molecule has 1 aromatic heterocycles. The molecule has 59 heavy (non-hydrogen) atoms. The number of aliphatic carboxylic acids is 1. The van der Waals surface area contributed by atoms with Crippen LogP contribution in [0.4, 0.5) is 10.1 Å². The van der Waals surface area contributed by atoms with E-state index < -0.39 is 17.5 Å². The smallest absolute Gasteiger partial charge is 0.309 e. The Labute approximate surface area is 360 Å². The molecule has 0 spiro atoms. The summed E-state index contributed by atoms with van der Waals surface area (Å²) >= 11 is 1.34. The number of thiazole rings is 1. The third-order valence-electron chi connectivity index (χ3n) is 9.99. The second-order valence-corrected chi connectivity index (χ2v) is 16.8. The molecule has 1 aliphatic heterocycles. The summed E-state index contributed by atoms with van der Waals surface area (Å²) in [6.45, 7) is 22.9. The molecule has 14 heteroatoms. The lowest BCUT2D eigenvalue weighted by atomic mass is 9.88. The number of aromatic nitrogens is 1. The van der Waals surface area contributed by atoms with Crippen LogP contribution in [0.3, 0.4) is 0 Å². The van der Waals surface area contributed by atoms with Crippen molar-refractivity contribution in [2.75, 3.05) is 39.0 Å². The highest BCUT2D eigenvalue weighted by atomic mass is 32.1. The van der Waals surface area contributed by atoms with Gasteiger partial charge >= 0.3 is 5.97 Å². The Kier molecular flexibility index (Phi) is 32.3. The molecule has 2 heterocycles. The van der Waals surface area contributed by atoms with Gasteiger partial charge in [0.1, 0.15) is 11.5 Å². The number of primary amides is 1. The number of carbonyl (C=O) groups is 4. The molecular formula is C45H81FN6O6S. The Hall–Kier alpha value is -3.62. The molecule has 3 atom stereocenters. The molecule has 0 saturated carbocycles. The van der Waals surface area contributed by atoms with Gasteiger partial charge in [0, 0.05) is 36.9 Å². The van der Waals surface area contributed by atoms with Crippen LogP contribution < -0.4 is 16.8 Å². The topological polar surface area (TPSA) is 192 Å². The number of benzene rings is 1. The number of nitrogens with one attached hydrogen (secondary N) is 1. The molecule has 3 unspecified atom stereocenters. The molecule has 3 amide bonds. The highest BCUT2D eigenvalue weighted by Crippen LogP contribution is 2.33. The van der Waals surface area contributed by atoms with Gasteiger partial charge in [0.2, 0.25) is 12.3 Å². The van der Waals surface area contributed by atoms with E-state index >= 15 is 0 Å². The fourth-order valence-electron chi connectivity index (χ4n) is 6.11. The predicted octanol–water partition coefficient (Wildman–Crippen LogP) is 8.80. The first-order valence-electron chi connectivity index (χ1n) is 21.7. The number of nitrogen functional groups attached to an aromatic ring is 1. The average Bonchev–Trinajstić information content (AvgIpc) is 3.68. The number of aliphatic hydroxyl groups is 1. The lowest BCUT2D eigenvalue weighted by Crippen LogP contribution is -2.45. The molecule has 0 bridgehead atoms. The first kappa shape index (κ1) is 57.5. The van der Waals surface area contributed by atoms with E-state index in [-0.39, 0.29) is 59.8 Å². The average molecular weight is 853 g/mol. The van der Waals surface area contributed by atoms with Crippen molar-refractivity contribution in [2.24, 2.45) is 17.1 Å². The zero-order valence-corrected chi connectivity index (χ0v) is 39.1. The number of piperidine rings is 1. The van der Waals surface area contributed by atoms with E-state index in [0.29, 0.717) is 24.3 Å². The second kappa shape index (κ2) is 33.1. The number of aliphatic hydroxyl groups excluding tert-OH is 1. The number of hydrogen-bond donors (Lipinski definition) is 5. The quantitative estimate of drug-likeness (QED) is 0.0522. The summed E-state index contributed by atoms with van der Waals surface area (Å²) in [5.74, 6) is -1.53. The molecule has 1 aliphatic rings. The summed E-state index contributed by atoms with van der Waals surface area (Å²) < 4.78 is 12.5. The van der Waals surface area contributed by atoms with Crippen molar-refractivity contribution >= 4 is 41.2 Å². The van der Waals surface area contributed by atoms with Crippen molar-refractivity contribution in [2.45, 2.75) is 164 Å². The van der Waals surface area contributed by atoms with Crippen LogP contribution in [0.15, 0.2) is 23.6 Å². The molecule has 3 rings (SSSR count). The van der Waals surface area contributed by atoms with E-state index in [1.165, 1.54) is 49.8 Å².